The molecular weight excluding hydrogens is 214 g/mol. The van der Waals surface area contributed by atoms with Gasteiger partial charge in [0.05, 0.1) is 5.60 Å². The molecule has 0 saturated carbocycles. The Labute approximate surface area is 102 Å². The molecule has 1 aromatic heterocycles. The van der Waals surface area contributed by atoms with Gasteiger partial charge in [-0.25, -0.2) is 0 Å². The molecule has 3 unspecified atom stereocenters. The summed E-state index contributed by atoms with van der Waals surface area (Å²) in [6.07, 6.45) is 5.75. The highest BCUT2D eigenvalue weighted by atomic mass is 16.3. The normalized spacial score (nSPS) is 36.4. The number of aryl methyl sites for hydroxylation is 2. The summed E-state index contributed by atoms with van der Waals surface area (Å²) < 4.78 is 1.91. The summed E-state index contributed by atoms with van der Waals surface area (Å²) in [6, 6.07) is 2.05. The van der Waals surface area contributed by atoms with Gasteiger partial charge in [-0.1, -0.05) is 0 Å². The zero-order chi connectivity index (χ0) is 11.9. The maximum atomic E-state index is 10.8. The summed E-state index contributed by atoms with van der Waals surface area (Å²) in [4.78, 5) is 2.48. The topological polar surface area (TPSA) is 41.3 Å². The monoisotopic (exact) mass is 235 g/mol. The second kappa shape index (κ2) is 4.10. The van der Waals surface area contributed by atoms with Crippen LogP contribution >= 0.6 is 0 Å². The van der Waals surface area contributed by atoms with Crippen LogP contribution in [0.2, 0.25) is 0 Å². The fourth-order valence-electron chi connectivity index (χ4n) is 3.35. The fourth-order valence-corrected chi connectivity index (χ4v) is 3.35. The molecule has 3 atom stereocenters. The van der Waals surface area contributed by atoms with Gasteiger partial charge in [0, 0.05) is 37.9 Å². The summed E-state index contributed by atoms with van der Waals surface area (Å²) in [5.41, 5.74) is 0.788. The first-order valence-electron chi connectivity index (χ1n) is 6.59. The zero-order valence-corrected chi connectivity index (χ0v) is 10.5. The fraction of sp³-hybridized carbons (Fsp3) is 0.769. The lowest BCUT2D eigenvalue weighted by Gasteiger charge is -2.38. The van der Waals surface area contributed by atoms with Gasteiger partial charge in [-0.15, -0.1) is 0 Å². The maximum Gasteiger partial charge on any atom is 0.0704 e. The van der Waals surface area contributed by atoms with E-state index in [1.54, 1.807) is 0 Å². The number of rotatable bonds is 3. The first-order valence-corrected chi connectivity index (χ1v) is 6.59. The first kappa shape index (κ1) is 11.2. The molecule has 2 fully saturated rings. The molecule has 2 saturated heterocycles. The Morgan fingerprint density at radius 3 is 3.18 bits per heavy atom. The SMILES string of the molecule is Cn1nccc1CCC1(O)CCN2CCC1C2. The quantitative estimate of drug-likeness (QED) is 0.843. The van der Waals surface area contributed by atoms with Crippen molar-refractivity contribution < 1.29 is 5.11 Å². The third-order valence-electron chi connectivity index (χ3n) is 4.63. The van der Waals surface area contributed by atoms with E-state index in [4.69, 9.17) is 0 Å². The van der Waals surface area contributed by atoms with Gasteiger partial charge >= 0.3 is 0 Å². The molecule has 1 aromatic rings. The third kappa shape index (κ3) is 2.00. The molecule has 2 aliphatic rings. The van der Waals surface area contributed by atoms with Crippen molar-refractivity contribution in [1.82, 2.24) is 14.7 Å². The zero-order valence-electron chi connectivity index (χ0n) is 10.5. The highest BCUT2D eigenvalue weighted by Gasteiger charge is 2.44. The lowest BCUT2D eigenvalue weighted by molar-refractivity contribution is -0.0509. The summed E-state index contributed by atoms with van der Waals surface area (Å²) >= 11 is 0. The molecular formula is C13H21N3O. The van der Waals surface area contributed by atoms with Crippen LogP contribution in [0, 0.1) is 5.92 Å². The predicted molar refractivity (Wildman–Crippen MR) is 65.6 cm³/mol. The van der Waals surface area contributed by atoms with Gasteiger partial charge in [-0.3, -0.25) is 4.68 Å². The molecule has 3 heterocycles. The summed E-state index contributed by atoms with van der Waals surface area (Å²) in [5.74, 6) is 0.490. The van der Waals surface area contributed by atoms with Crippen LogP contribution in [0.5, 0.6) is 0 Å². The predicted octanol–water partition coefficient (Wildman–Crippen LogP) is 0.809. The molecule has 4 heteroatoms. The molecule has 0 aliphatic carbocycles. The van der Waals surface area contributed by atoms with Crippen molar-refractivity contribution in [2.24, 2.45) is 13.0 Å². The molecule has 1 N–H and O–H groups in total. The maximum absolute atomic E-state index is 10.8. The van der Waals surface area contributed by atoms with Gasteiger partial charge in [-0.05, 0) is 38.3 Å². The van der Waals surface area contributed by atoms with E-state index >= 15 is 0 Å². The van der Waals surface area contributed by atoms with E-state index in [2.05, 4.69) is 10.00 Å². The minimum atomic E-state index is -0.433. The minimum Gasteiger partial charge on any atom is -0.389 e. The van der Waals surface area contributed by atoms with E-state index < -0.39 is 5.60 Å². The molecule has 0 spiro atoms. The molecule has 3 rings (SSSR count). The Balaban J connectivity index is 1.66. The molecule has 2 bridgehead atoms. The number of aromatic nitrogens is 2. The van der Waals surface area contributed by atoms with Gasteiger partial charge in [-0.2, -0.15) is 5.10 Å². The van der Waals surface area contributed by atoms with Crippen molar-refractivity contribution >= 4 is 0 Å². The number of hydrogen-bond donors (Lipinski definition) is 1. The van der Waals surface area contributed by atoms with Crippen LogP contribution in [0.15, 0.2) is 12.3 Å². The molecule has 0 aromatic carbocycles. The number of aliphatic hydroxyl groups is 1. The van der Waals surface area contributed by atoms with Crippen LogP contribution < -0.4 is 0 Å². The van der Waals surface area contributed by atoms with Gasteiger partial charge < -0.3 is 10.0 Å². The Bertz CT molecular complexity index is 403. The number of piperidine rings is 1. The highest BCUT2D eigenvalue weighted by molar-refractivity contribution is 5.04. The first-order chi connectivity index (χ1) is 8.17. The average Bonchev–Trinajstić information content (AvgIpc) is 2.90. The Kier molecular flexibility index (Phi) is 2.71. The molecule has 4 nitrogen and oxygen atoms in total. The van der Waals surface area contributed by atoms with E-state index in [1.807, 2.05) is 24.0 Å². The molecule has 17 heavy (non-hydrogen) atoms. The van der Waals surface area contributed by atoms with Crippen molar-refractivity contribution in [3.8, 4) is 0 Å². The Morgan fingerprint density at radius 2 is 2.41 bits per heavy atom. The standard InChI is InChI=1S/C13H21N3O/c1-15-12(3-7-14-15)2-5-13(17)6-9-16-8-4-11(13)10-16/h3,7,11,17H,2,4-6,8-10H2,1H3. The van der Waals surface area contributed by atoms with Crippen LogP contribution in [0.4, 0.5) is 0 Å². The second-order valence-electron chi connectivity index (χ2n) is 5.59. The van der Waals surface area contributed by atoms with Crippen molar-refractivity contribution in [1.29, 1.82) is 0 Å². The molecule has 2 aliphatic heterocycles. The van der Waals surface area contributed by atoms with Gasteiger partial charge in [0.15, 0.2) is 0 Å². The van der Waals surface area contributed by atoms with E-state index in [0.29, 0.717) is 5.92 Å². The van der Waals surface area contributed by atoms with Crippen LogP contribution in [-0.4, -0.2) is 45.0 Å². The van der Waals surface area contributed by atoms with Crippen LogP contribution in [0.25, 0.3) is 0 Å². The smallest absolute Gasteiger partial charge is 0.0704 e. The van der Waals surface area contributed by atoms with Crippen molar-refractivity contribution in [2.45, 2.75) is 31.3 Å². The lowest BCUT2D eigenvalue weighted by Crippen LogP contribution is -2.46. The number of nitrogens with zero attached hydrogens (tertiary/aromatic N) is 3. The summed E-state index contributed by atoms with van der Waals surface area (Å²) in [7, 11) is 1.97. The van der Waals surface area contributed by atoms with Crippen molar-refractivity contribution in [3.63, 3.8) is 0 Å². The molecule has 0 radical (unpaired) electrons. The van der Waals surface area contributed by atoms with Gasteiger partial charge in [0.25, 0.3) is 0 Å². The van der Waals surface area contributed by atoms with E-state index in [0.717, 1.165) is 32.4 Å². The minimum absolute atomic E-state index is 0.433. The van der Waals surface area contributed by atoms with Crippen LogP contribution in [-0.2, 0) is 13.5 Å². The Morgan fingerprint density at radius 1 is 1.53 bits per heavy atom. The number of hydrogen-bond acceptors (Lipinski definition) is 3. The summed E-state index contributed by atoms with van der Waals surface area (Å²) in [5, 5.41) is 15.0. The van der Waals surface area contributed by atoms with Crippen molar-refractivity contribution in [2.75, 3.05) is 19.6 Å². The molecule has 0 amide bonds. The Hall–Kier alpha value is -0.870. The molecule has 94 valence electrons. The van der Waals surface area contributed by atoms with E-state index in [1.165, 1.54) is 18.7 Å². The van der Waals surface area contributed by atoms with Gasteiger partial charge in [0.2, 0.25) is 0 Å². The van der Waals surface area contributed by atoms with E-state index in [-0.39, 0.29) is 0 Å². The third-order valence-corrected chi connectivity index (χ3v) is 4.63. The van der Waals surface area contributed by atoms with Crippen molar-refractivity contribution in [3.05, 3.63) is 18.0 Å². The lowest BCUT2D eigenvalue weighted by atomic mass is 9.78. The summed E-state index contributed by atoms with van der Waals surface area (Å²) in [6.45, 7) is 3.35. The number of fused-ring (bicyclic) bond motifs is 2. The van der Waals surface area contributed by atoms with Crippen LogP contribution in [0.3, 0.4) is 0 Å². The largest absolute Gasteiger partial charge is 0.389 e. The highest BCUT2D eigenvalue weighted by Crippen LogP contribution is 2.38. The van der Waals surface area contributed by atoms with Crippen LogP contribution in [0.1, 0.15) is 25.0 Å². The second-order valence-corrected chi connectivity index (χ2v) is 5.59. The van der Waals surface area contributed by atoms with Gasteiger partial charge in [0.1, 0.15) is 0 Å². The van der Waals surface area contributed by atoms with E-state index in [9.17, 15) is 5.11 Å². The average molecular weight is 235 g/mol.